The summed E-state index contributed by atoms with van der Waals surface area (Å²) in [5.41, 5.74) is 2.48. The number of hydrogen-bond acceptors (Lipinski definition) is 4. The van der Waals surface area contributed by atoms with Crippen LogP contribution in [0.2, 0.25) is 0 Å². The van der Waals surface area contributed by atoms with Crippen molar-refractivity contribution < 1.29 is 10.1 Å². The summed E-state index contributed by atoms with van der Waals surface area (Å²) >= 11 is 1.71. The van der Waals surface area contributed by atoms with E-state index in [1.807, 2.05) is 24.3 Å². The van der Waals surface area contributed by atoms with Gasteiger partial charge in [-0.2, -0.15) is 0 Å². The SMILES string of the molecule is Cc1ccc(OCC[NH2+][C@@H](C)c2nc3sc4c(c3c(=O)[nH]2)CC[C@@H](C)C4)cc1. The number of aryl methyl sites for hydroxylation is 2. The quantitative estimate of drug-likeness (QED) is 0.627. The Morgan fingerprint density at radius 1 is 1.36 bits per heavy atom. The third-order valence-electron chi connectivity index (χ3n) is 5.54. The Hall–Kier alpha value is -2.18. The summed E-state index contributed by atoms with van der Waals surface area (Å²) in [6.45, 7) is 7.84. The van der Waals surface area contributed by atoms with E-state index in [4.69, 9.17) is 9.72 Å². The highest BCUT2D eigenvalue weighted by Gasteiger charge is 2.24. The lowest BCUT2D eigenvalue weighted by molar-refractivity contribution is -0.694. The molecule has 6 heteroatoms. The molecule has 3 aromatic rings. The Morgan fingerprint density at radius 3 is 2.93 bits per heavy atom. The van der Waals surface area contributed by atoms with Gasteiger partial charge < -0.3 is 15.0 Å². The van der Waals surface area contributed by atoms with E-state index in [9.17, 15) is 4.79 Å². The standard InChI is InChI=1S/C22H27N3O2S/c1-13-4-7-16(8-5-13)27-11-10-23-15(3)20-24-21(26)19-17-9-6-14(2)12-18(17)28-22(19)25-20/h4-5,7-8,14-15,23H,6,9-12H2,1-3H3,(H,24,25,26)/p+1/t14-,15+/m1/s1. The minimum Gasteiger partial charge on any atom is -0.488 e. The van der Waals surface area contributed by atoms with Crippen molar-refractivity contribution in [1.29, 1.82) is 0 Å². The largest absolute Gasteiger partial charge is 0.488 e. The Balaban J connectivity index is 1.42. The first-order valence-electron chi connectivity index (χ1n) is 10.1. The number of thiophene rings is 1. The first-order chi connectivity index (χ1) is 13.5. The monoisotopic (exact) mass is 398 g/mol. The molecule has 0 bridgehead atoms. The van der Waals surface area contributed by atoms with Crippen LogP contribution in [0.1, 0.15) is 48.1 Å². The summed E-state index contributed by atoms with van der Waals surface area (Å²) in [4.78, 5) is 22.8. The number of ether oxygens (including phenoxy) is 1. The number of nitrogens with two attached hydrogens (primary N) is 1. The van der Waals surface area contributed by atoms with Gasteiger partial charge in [0.2, 0.25) is 0 Å². The number of nitrogens with one attached hydrogen (secondary N) is 1. The van der Waals surface area contributed by atoms with Crippen molar-refractivity contribution in [1.82, 2.24) is 9.97 Å². The molecule has 0 spiro atoms. The molecule has 0 saturated carbocycles. The first kappa shape index (κ1) is 19.2. The van der Waals surface area contributed by atoms with E-state index in [0.717, 1.165) is 47.6 Å². The van der Waals surface area contributed by atoms with Crippen LogP contribution < -0.4 is 15.6 Å². The summed E-state index contributed by atoms with van der Waals surface area (Å²) in [5, 5.41) is 2.99. The van der Waals surface area contributed by atoms with Gasteiger partial charge in [-0.15, -0.1) is 11.3 Å². The normalized spacial score (nSPS) is 17.5. The second-order valence-corrected chi connectivity index (χ2v) is 9.04. The smallest absolute Gasteiger partial charge is 0.260 e. The van der Waals surface area contributed by atoms with Gasteiger partial charge in [0.15, 0.2) is 5.82 Å². The molecule has 5 nitrogen and oxygen atoms in total. The lowest BCUT2D eigenvalue weighted by Gasteiger charge is -2.17. The number of H-pyrrole nitrogens is 1. The lowest BCUT2D eigenvalue weighted by Crippen LogP contribution is -2.86. The zero-order valence-corrected chi connectivity index (χ0v) is 17.6. The molecule has 1 aliphatic carbocycles. The zero-order chi connectivity index (χ0) is 19.7. The van der Waals surface area contributed by atoms with Crippen LogP contribution in [0.5, 0.6) is 5.75 Å². The molecule has 2 heterocycles. The number of aromatic amines is 1. The van der Waals surface area contributed by atoms with Crippen LogP contribution in [0.15, 0.2) is 29.1 Å². The fourth-order valence-corrected chi connectivity index (χ4v) is 5.21. The number of aromatic nitrogens is 2. The maximum absolute atomic E-state index is 12.7. The molecule has 0 unspecified atom stereocenters. The molecule has 2 aromatic heterocycles. The third kappa shape index (κ3) is 3.98. The number of fused-ring (bicyclic) bond motifs is 3. The molecular formula is C22H28N3O2S+. The van der Waals surface area contributed by atoms with Crippen molar-refractivity contribution in [3.05, 3.63) is 56.4 Å². The number of hydrogen-bond donors (Lipinski definition) is 2. The Kier molecular flexibility index (Phi) is 5.51. The minimum atomic E-state index is 0.0169. The van der Waals surface area contributed by atoms with Gasteiger partial charge in [0, 0.05) is 4.88 Å². The fourth-order valence-electron chi connectivity index (χ4n) is 3.82. The molecule has 0 radical (unpaired) electrons. The van der Waals surface area contributed by atoms with Crippen LogP contribution in [0.3, 0.4) is 0 Å². The first-order valence-corrected chi connectivity index (χ1v) is 10.9. The molecule has 3 N–H and O–H groups in total. The van der Waals surface area contributed by atoms with E-state index < -0.39 is 0 Å². The van der Waals surface area contributed by atoms with Gasteiger partial charge in [-0.05, 0) is 56.7 Å². The van der Waals surface area contributed by atoms with Gasteiger partial charge in [0.1, 0.15) is 29.8 Å². The molecule has 4 rings (SSSR count). The zero-order valence-electron chi connectivity index (χ0n) is 16.7. The highest BCUT2D eigenvalue weighted by atomic mass is 32.1. The van der Waals surface area contributed by atoms with Crippen LogP contribution in [0.25, 0.3) is 10.2 Å². The Morgan fingerprint density at radius 2 is 2.14 bits per heavy atom. The number of benzene rings is 1. The molecule has 28 heavy (non-hydrogen) atoms. The van der Waals surface area contributed by atoms with Gasteiger partial charge in [0.25, 0.3) is 5.56 Å². The van der Waals surface area contributed by atoms with Gasteiger partial charge in [-0.25, -0.2) is 4.98 Å². The molecule has 2 atom stereocenters. The highest BCUT2D eigenvalue weighted by molar-refractivity contribution is 7.18. The van der Waals surface area contributed by atoms with Crippen LogP contribution in [0.4, 0.5) is 0 Å². The average Bonchev–Trinajstić information content (AvgIpc) is 3.04. The van der Waals surface area contributed by atoms with Crippen LogP contribution in [0, 0.1) is 12.8 Å². The summed E-state index contributed by atoms with van der Waals surface area (Å²) in [5.74, 6) is 2.33. The summed E-state index contributed by atoms with van der Waals surface area (Å²) in [6, 6.07) is 8.16. The highest BCUT2D eigenvalue weighted by Crippen LogP contribution is 2.35. The van der Waals surface area contributed by atoms with E-state index in [0.29, 0.717) is 12.5 Å². The van der Waals surface area contributed by atoms with Crippen LogP contribution in [-0.2, 0) is 12.8 Å². The number of quaternary nitrogens is 1. The Labute approximate surface area is 169 Å². The Bertz CT molecular complexity index is 1020. The van der Waals surface area contributed by atoms with E-state index >= 15 is 0 Å². The van der Waals surface area contributed by atoms with Crippen LogP contribution in [-0.4, -0.2) is 23.1 Å². The maximum atomic E-state index is 12.7. The van der Waals surface area contributed by atoms with Crippen molar-refractivity contribution in [2.45, 2.75) is 46.1 Å². The van der Waals surface area contributed by atoms with Crippen molar-refractivity contribution >= 4 is 21.6 Å². The van der Waals surface area contributed by atoms with E-state index in [1.54, 1.807) is 11.3 Å². The second kappa shape index (κ2) is 8.05. The maximum Gasteiger partial charge on any atom is 0.260 e. The third-order valence-corrected chi connectivity index (χ3v) is 6.69. The van der Waals surface area contributed by atoms with Crippen LogP contribution >= 0.6 is 11.3 Å². The molecular weight excluding hydrogens is 370 g/mol. The average molecular weight is 399 g/mol. The number of rotatable bonds is 6. The number of nitrogens with zero attached hydrogens (tertiary/aromatic N) is 1. The fraction of sp³-hybridized carbons (Fsp3) is 0.455. The second-order valence-electron chi connectivity index (χ2n) is 7.96. The van der Waals surface area contributed by atoms with E-state index in [-0.39, 0.29) is 11.6 Å². The lowest BCUT2D eigenvalue weighted by atomic mass is 9.89. The van der Waals surface area contributed by atoms with Gasteiger partial charge in [-0.3, -0.25) is 4.79 Å². The topological polar surface area (TPSA) is 71.6 Å². The minimum absolute atomic E-state index is 0.0169. The van der Waals surface area contributed by atoms with E-state index in [1.165, 1.54) is 16.0 Å². The molecule has 0 amide bonds. The summed E-state index contributed by atoms with van der Waals surface area (Å²) in [7, 11) is 0. The molecule has 1 aromatic carbocycles. The predicted octanol–water partition coefficient (Wildman–Crippen LogP) is 3.12. The predicted molar refractivity (Wildman–Crippen MR) is 113 cm³/mol. The molecule has 0 fully saturated rings. The van der Waals surface area contributed by atoms with Gasteiger partial charge in [-0.1, -0.05) is 24.6 Å². The molecule has 0 saturated heterocycles. The van der Waals surface area contributed by atoms with Crippen molar-refractivity contribution in [2.75, 3.05) is 13.2 Å². The van der Waals surface area contributed by atoms with Crippen molar-refractivity contribution in [3.8, 4) is 5.75 Å². The molecule has 1 aliphatic rings. The summed E-state index contributed by atoms with van der Waals surface area (Å²) < 4.78 is 5.78. The van der Waals surface area contributed by atoms with Crippen molar-refractivity contribution in [2.24, 2.45) is 5.92 Å². The van der Waals surface area contributed by atoms with Crippen molar-refractivity contribution in [3.63, 3.8) is 0 Å². The van der Waals surface area contributed by atoms with Gasteiger partial charge >= 0.3 is 0 Å². The molecule has 0 aliphatic heterocycles. The van der Waals surface area contributed by atoms with Gasteiger partial charge in [0.05, 0.1) is 5.39 Å². The molecule has 148 valence electrons. The van der Waals surface area contributed by atoms with E-state index in [2.05, 4.69) is 31.1 Å². The summed E-state index contributed by atoms with van der Waals surface area (Å²) in [6.07, 6.45) is 3.23.